The Hall–Kier alpha value is -3.38. The van der Waals surface area contributed by atoms with Crippen molar-refractivity contribution in [2.75, 3.05) is 6.54 Å². The van der Waals surface area contributed by atoms with E-state index in [9.17, 15) is 4.79 Å². The fourth-order valence-corrected chi connectivity index (χ4v) is 2.86. The molecule has 128 valence electrons. The quantitative estimate of drug-likeness (QED) is 0.640. The molecule has 0 saturated carbocycles. The first-order valence-corrected chi connectivity index (χ1v) is 8.63. The fraction of sp³-hybridized carbons (Fsp3) is 0.130. The van der Waals surface area contributed by atoms with Gasteiger partial charge in [0.2, 0.25) is 0 Å². The number of rotatable bonds is 6. The van der Waals surface area contributed by atoms with E-state index >= 15 is 0 Å². The monoisotopic (exact) mass is 340 g/mol. The minimum atomic E-state index is -0.0521. The smallest absolute Gasteiger partial charge is 0.254 e. The summed E-state index contributed by atoms with van der Waals surface area (Å²) in [6.45, 7) is 0.923. The zero-order valence-corrected chi connectivity index (χ0v) is 14.5. The fourth-order valence-electron chi connectivity index (χ4n) is 2.86. The van der Waals surface area contributed by atoms with Gasteiger partial charge in [0.25, 0.3) is 5.91 Å². The van der Waals surface area contributed by atoms with Crippen molar-refractivity contribution in [1.82, 2.24) is 4.90 Å². The lowest BCUT2D eigenvalue weighted by Gasteiger charge is -2.22. The van der Waals surface area contributed by atoms with Gasteiger partial charge in [-0.15, -0.1) is 0 Å². The van der Waals surface area contributed by atoms with Gasteiger partial charge in [0, 0.05) is 18.7 Å². The van der Waals surface area contributed by atoms with Crippen LogP contribution in [0.1, 0.15) is 22.3 Å². The molecule has 3 heteroatoms. The predicted octanol–water partition coefficient (Wildman–Crippen LogP) is 4.91. The van der Waals surface area contributed by atoms with Crippen molar-refractivity contribution in [3.8, 4) is 17.2 Å². The minimum absolute atomic E-state index is 0.0521. The van der Waals surface area contributed by atoms with Crippen LogP contribution in [0.15, 0.2) is 84.9 Å². The molecule has 0 N–H and O–H groups in total. The Bertz CT molecular complexity index is 881. The zero-order valence-electron chi connectivity index (χ0n) is 14.5. The predicted molar refractivity (Wildman–Crippen MR) is 103 cm³/mol. The van der Waals surface area contributed by atoms with Gasteiger partial charge < -0.3 is 4.90 Å². The summed E-state index contributed by atoms with van der Waals surface area (Å²) in [6, 6.07) is 29.7. The molecule has 0 saturated heterocycles. The molecular formula is C23H20N2O. The van der Waals surface area contributed by atoms with Gasteiger partial charge in [-0.3, -0.25) is 4.79 Å². The van der Waals surface area contributed by atoms with Gasteiger partial charge >= 0.3 is 0 Å². The number of hydrogen-bond acceptors (Lipinski definition) is 2. The molecule has 0 aliphatic carbocycles. The van der Waals surface area contributed by atoms with Crippen LogP contribution in [0.5, 0.6) is 0 Å². The topological polar surface area (TPSA) is 44.1 Å². The lowest BCUT2D eigenvalue weighted by atomic mass is 10.0. The molecule has 3 aromatic carbocycles. The van der Waals surface area contributed by atoms with Crippen molar-refractivity contribution < 1.29 is 4.79 Å². The zero-order chi connectivity index (χ0) is 18.2. The molecule has 0 atom stereocenters. The number of hydrogen-bond donors (Lipinski definition) is 0. The van der Waals surface area contributed by atoms with Crippen molar-refractivity contribution in [1.29, 1.82) is 5.26 Å². The first kappa shape index (κ1) is 17.4. The summed E-state index contributed by atoms with van der Waals surface area (Å²) >= 11 is 0. The number of carbonyl (C=O) groups excluding carboxylic acids is 1. The highest BCUT2D eigenvalue weighted by Crippen LogP contribution is 2.20. The Morgan fingerprint density at radius 2 is 1.38 bits per heavy atom. The summed E-state index contributed by atoms with van der Waals surface area (Å²) in [5.41, 5.74) is 3.89. The van der Waals surface area contributed by atoms with E-state index in [-0.39, 0.29) is 5.91 Å². The largest absolute Gasteiger partial charge is 0.333 e. The lowest BCUT2D eigenvalue weighted by molar-refractivity contribution is 0.0747. The average molecular weight is 340 g/mol. The van der Waals surface area contributed by atoms with Gasteiger partial charge in [-0.25, -0.2) is 0 Å². The van der Waals surface area contributed by atoms with Crippen LogP contribution in [-0.4, -0.2) is 17.4 Å². The highest BCUT2D eigenvalue weighted by molar-refractivity contribution is 5.94. The van der Waals surface area contributed by atoms with Crippen LogP contribution in [-0.2, 0) is 6.54 Å². The number of amides is 1. The Labute approximate surface area is 154 Å². The molecular weight excluding hydrogens is 320 g/mol. The van der Waals surface area contributed by atoms with E-state index < -0.39 is 0 Å². The SMILES string of the molecule is N#CCCN(Cc1ccccc1)C(=O)c1ccc(-c2ccccc2)cc1. The van der Waals surface area contributed by atoms with Crippen molar-refractivity contribution in [2.45, 2.75) is 13.0 Å². The molecule has 0 spiro atoms. The second-order valence-corrected chi connectivity index (χ2v) is 6.06. The molecule has 0 unspecified atom stereocenters. The normalized spacial score (nSPS) is 10.1. The summed E-state index contributed by atoms with van der Waals surface area (Å²) < 4.78 is 0. The molecule has 0 aliphatic rings. The van der Waals surface area contributed by atoms with E-state index in [1.54, 1.807) is 4.90 Å². The van der Waals surface area contributed by atoms with E-state index in [0.29, 0.717) is 25.1 Å². The van der Waals surface area contributed by atoms with Gasteiger partial charge in [0.15, 0.2) is 0 Å². The Morgan fingerprint density at radius 3 is 2.00 bits per heavy atom. The third-order valence-corrected chi connectivity index (χ3v) is 4.24. The highest BCUT2D eigenvalue weighted by Gasteiger charge is 2.16. The molecule has 1 amide bonds. The number of benzene rings is 3. The third kappa shape index (κ3) is 4.37. The molecule has 3 rings (SSSR count). The van der Waals surface area contributed by atoms with Crippen LogP contribution >= 0.6 is 0 Å². The second-order valence-electron chi connectivity index (χ2n) is 6.06. The van der Waals surface area contributed by atoms with Gasteiger partial charge in [0.1, 0.15) is 0 Å². The highest BCUT2D eigenvalue weighted by atomic mass is 16.2. The van der Waals surface area contributed by atoms with Crippen LogP contribution in [0.2, 0.25) is 0 Å². The van der Waals surface area contributed by atoms with E-state index in [2.05, 4.69) is 6.07 Å². The first-order chi connectivity index (χ1) is 12.8. The number of carbonyl (C=O) groups is 1. The molecule has 3 aromatic rings. The Morgan fingerprint density at radius 1 is 0.808 bits per heavy atom. The van der Waals surface area contributed by atoms with Crippen LogP contribution in [0, 0.1) is 11.3 Å². The maximum Gasteiger partial charge on any atom is 0.254 e. The van der Waals surface area contributed by atoms with Crippen LogP contribution in [0.25, 0.3) is 11.1 Å². The number of nitrogens with zero attached hydrogens (tertiary/aromatic N) is 2. The van der Waals surface area contributed by atoms with Crippen molar-refractivity contribution in [3.63, 3.8) is 0 Å². The van der Waals surface area contributed by atoms with Crippen LogP contribution < -0.4 is 0 Å². The van der Waals surface area contributed by atoms with Gasteiger partial charge in [-0.2, -0.15) is 5.26 Å². The summed E-state index contributed by atoms with van der Waals surface area (Å²) in [5, 5.41) is 8.91. The van der Waals surface area contributed by atoms with Crippen molar-refractivity contribution in [3.05, 3.63) is 96.1 Å². The minimum Gasteiger partial charge on any atom is -0.333 e. The Balaban J connectivity index is 1.78. The molecule has 0 bridgehead atoms. The van der Waals surface area contributed by atoms with E-state index in [4.69, 9.17) is 5.26 Å². The van der Waals surface area contributed by atoms with Crippen LogP contribution in [0.3, 0.4) is 0 Å². The summed E-state index contributed by atoms with van der Waals surface area (Å²) in [7, 11) is 0. The van der Waals surface area contributed by atoms with Gasteiger partial charge in [-0.05, 0) is 28.8 Å². The van der Waals surface area contributed by atoms with E-state index in [0.717, 1.165) is 16.7 Å². The maximum atomic E-state index is 12.9. The molecule has 0 fully saturated rings. The van der Waals surface area contributed by atoms with E-state index in [1.807, 2.05) is 84.9 Å². The van der Waals surface area contributed by atoms with Crippen molar-refractivity contribution in [2.24, 2.45) is 0 Å². The molecule has 0 radical (unpaired) electrons. The third-order valence-electron chi connectivity index (χ3n) is 4.24. The van der Waals surface area contributed by atoms with Gasteiger partial charge in [-0.1, -0.05) is 72.8 Å². The molecule has 26 heavy (non-hydrogen) atoms. The average Bonchev–Trinajstić information content (AvgIpc) is 2.72. The molecule has 0 aliphatic heterocycles. The maximum absolute atomic E-state index is 12.9. The summed E-state index contributed by atoms with van der Waals surface area (Å²) in [4.78, 5) is 14.7. The van der Waals surface area contributed by atoms with Crippen molar-refractivity contribution >= 4 is 5.91 Å². The Kier molecular flexibility index (Phi) is 5.80. The van der Waals surface area contributed by atoms with Crippen LogP contribution in [0.4, 0.5) is 0 Å². The first-order valence-electron chi connectivity index (χ1n) is 8.63. The lowest BCUT2D eigenvalue weighted by Crippen LogP contribution is -2.31. The molecule has 0 aromatic heterocycles. The standard InChI is InChI=1S/C23H20N2O/c24-16-7-17-25(18-19-8-3-1-4-9-19)23(26)22-14-12-21(13-15-22)20-10-5-2-6-11-20/h1-6,8-15H,7,17-18H2. The summed E-state index contributed by atoms with van der Waals surface area (Å²) in [5.74, 6) is -0.0521. The summed E-state index contributed by atoms with van der Waals surface area (Å²) in [6.07, 6.45) is 0.320. The molecule has 0 heterocycles. The van der Waals surface area contributed by atoms with E-state index in [1.165, 1.54) is 0 Å². The second kappa shape index (κ2) is 8.64. The molecule has 3 nitrogen and oxygen atoms in total. The van der Waals surface area contributed by atoms with Gasteiger partial charge in [0.05, 0.1) is 12.5 Å². The number of nitriles is 1.